The minimum atomic E-state index is -1.36. The predicted octanol–water partition coefficient (Wildman–Crippen LogP) is 3.68. The van der Waals surface area contributed by atoms with Gasteiger partial charge in [0.2, 0.25) is 0 Å². The van der Waals surface area contributed by atoms with Gasteiger partial charge in [-0.25, -0.2) is 4.79 Å². The van der Waals surface area contributed by atoms with E-state index in [2.05, 4.69) is 42.2 Å². The van der Waals surface area contributed by atoms with Crippen molar-refractivity contribution in [2.75, 3.05) is 0 Å². The quantitative estimate of drug-likeness (QED) is 0.350. The van der Waals surface area contributed by atoms with Gasteiger partial charge in [-0.2, -0.15) is 0 Å². The van der Waals surface area contributed by atoms with Gasteiger partial charge in [-0.05, 0) is 5.56 Å². The number of hydrogen-bond acceptors (Lipinski definition) is 2. The van der Waals surface area contributed by atoms with Gasteiger partial charge in [-0.15, -0.1) is 0 Å². The van der Waals surface area contributed by atoms with E-state index >= 15 is 0 Å². The highest BCUT2D eigenvalue weighted by atomic mass is 127. The SMILES string of the molecule is C[Si](C)(C)[C@@H](I)[C@H]1OC(=O)C=C1c1ccccc1. The molecule has 0 radical (unpaired) electrons. The Morgan fingerprint density at radius 2 is 1.83 bits per heavy atom. The van der Waals surface area contributed by atoms with E-state index < -0.39 is 8.07 Å². The molecule has 0 aliphatic carbocycles. The Balaban J connectivity index is 2.33. The monoisotopic (exact) mass is 372 g/mol. The minimum absolute atomic E-state index is 0.0906. The molecule has 0 aromatic heterocycles. The minimum Gasteiger partial charge on any atom is -0.453 e. The van der Waals surface area contributed by atoms with E-state index in [1.54, 1.807) is 6.08 Å². The summed E-state index contributed by atoms with van der Waals surface area (Å²) in [7, 11) is -1.36. The lowest BCUT2D eigenvalue weighted by atomic mass is 10.0. The van der Waals surface area contributed by atoms with Crippen LogP contribution in [0.3, 0.4) is 0 Å². The second-order valence-corrected chi connectivity index (χ2v) is 13.5. The molecular formula is C14H17IO2Si. The van der Waals surface area contributed by atoms with Crippen LogP contribution in [0.25, 0.3) is 5.57 Å². The number of benzene rings is 1. The second-order valence-electron chi connectivity index (χ2n) is 5.59. The highest BCUT2D eigenvalue weighted by Gasteiger charge is 2.39. The fourth-order valence-corrected chi connectivity index (χ4v) is 3.67. The Labute approximate surface area is 123 Å². The van der Waals surface area contributed by atoms with Crippen LogP contribution in [0, 0.1) is 0 Å². The summed E-state index contributed by atoms with van der Waals surface area (Å²) in [6.45, 7) is 6.91. The lowest BCUT2D eigenvalue weighted by Crippen LogP contribution is -2.43. The van der Waals surface area contributed by atoms with Gasteiger partial charge in [-0.1, -0.05) is 72.6 Å². The van der Waals surface area contributed by atoms with Crippen LogP contribution in [0.15, 0.2) is 36.4 Å². The first-order valence-corrected chi connectivity index (χ1v) is 10.8. The lowest BCUT2D eigenvalue weighted by Gasteiger charge is -2.29. The summed E-state index contributed by atoms with van der Waals surface area (Å²) in [5.74, 6) is -0.209. The lowest BCUT2D eigenvalue weighted by molar-refractivity contribution is -0.137. The maximum absolute atomic E-state index is 11.6. The molecule has 0 bridgehead atoms. The number of cyclic esters (lactones) is 1. The van der Waals surface area contributed by atoms with E-state index in [4.69, 9.17) is 4.74 Å². The first-order valence-electron chi connectivity index (χ1n) is 6.01. The third kappa shape index (κ3) is 2.85. The zero-order valence-electron chi connectivity index (χ0n) is 10.8. The Hall–Kier alpha value is -0.623. The molecule has 1 heterocycles. The van der Waals surface area contributed by atoms with E-state index in [0.29, 0.717) is 3.55 Å². The summed E-state index contributed by atoms with van der Waals surface area (Å²) in [6, 6.07) is 10.0. The van der Waals surface area contributed by atoms with Crippen LogP contribution in [0.1, 0.15) is 5.56 Å². The van der Waals surface area contributed by atoms with Gasteiger partial charge in [0.1, 0.15) is 6.10 Å². The Morgan fingerprint density at radius 1 is 1.22 bits per heavy atom. The first kappa shape index (κ1) is 13.8. The number of rotatable bonds is 3. The maximum atomic E-state index is 11.6. The standard InChI is InChI=1S/C14H17IO2Si/c1-18(2,3)14(15)13-11(9-12(16)17-13)10-7-5-4-6-8-10/h4-9,13-14H,1-3H3/t13-,14+/m0/s1. The molecule has 0 amide bonds. The van der Waals surface area contributed by atoms with Gasteiger partial charge in [0.05, 0.1) is 8.07 Å². The third-order valence-electron chi connectivity index (χ3n) is 3.02. The molecule has 1 aromatic carbocycles. The van der Waals surface area contributed by atoms with Crippen LogP contribution in [0.2, 0.25) is 19.6 Å². The highest BCUT2D eigenvalue weighted by molar-refractivity contribution is 14.1. The molecule has 18 heavy (non-hydrogen) atoms. The molecule has 4 heteroatoms. The Morgan fingerprint density at radius 3 is 2.39 bits per heavy atom. The van der Waals surface area contributed by atoms with Gasteiger partial charge in [0.15, 0.2) is 0 Å². The summed E-state index contributed by atoms with van der Waals surface area (Å²) in [4.78, 5) is 11.6. The summed E-state index contributed by atoms with van der Waals surface area (Å²) in [6.07, 6.45) is 1.55. The fourth-order valence-electron chi connectivity index (χ4n) is 1.98. The Bertz CT molecular complexity index is 476. The van der Waals surface area contributed by atoms with Crippen molar-refractivity contribution in [3.63, 3.8) is 0 Å². The topological polar surface area (TPSA) is 26.3 Å². The van der Waals surface area contributed by atoms with Crippen molar-refractivity contribution < 1.29 is 9.53 Å². The van der Waals surface area contributed by atoms with Crippen molar-refractivity contribution in [1.82, 2.24) is 0 Å². The summed E-state index contributed by atoms with van der Waals surface area (Å²) < 4.78 is 5.89. The van der Waals surface area contributed by atoms with Gasteiger partial charge in [0, 0.05) is 15.2 Å². The third-order valence-corrected chi connectivity index (χ3v) is 11.2. The number of carbonyl (C=O) groups excluding carboxylic acids is 1. The number of hydrogen-bond donors (Lipinski definition) is 0. The number of alkyl halides is 1. The average molecular weight is 372 g/mol. The van der Waals surface area contributed by atoms with E-state index in [9.17, 15) is 4.79 Å². The molecule has 2 nitrogen and oxygen atoms in total. The number of esters is 1. The van der Waals surface area contributed by atoms with E-state index in [1.807, 2.05) is 30.3 Å². The van der Waals surface area contributed by atoms with Crippen LogP contribution >= 0.6 is 22.6 Å². The molecule has 2 atom stereocenters. The van der Waals surface area contributed by atoms with Crippen molar-refractivity contribution in [3.05, 3.63) is 42.0 Å². The van der Waals surface area contributed by atoms with Gasteiger partial charge >= 0.3 is 5.97 Å². The van der Waals surface area contributed by atoms with E-state index in [0.717, 1.165) is 11.1 Å². The molecule has 0 N–H and O–H groups in total. The molecule has 96 valence electrons. The molecule has 0 saturated carbocycles. The highest BCUT2D eigenvalue weighted by Crippen LogP contribution is 2.35. The largest absolute Gasteiger partial charge is 0.453 e. The molecule has 1 aromatic rings. The van der Waals surface area contributed by atoms with Crippen molar-refractivity contribution in [1.29, 1.82) is 0 Å². The normalized spacial score (nSPS) is 21.4. The molecule has 1 aliphatic rings. The van der Waals surface area contributed by atoms with Crippen LogP contribution in [-0.2, 0) is 9.53 Å². The molecule has 0 saturated heterocycles. The van der Waals surface area contributed by atoms with Crippen LogP contribution in [-0.4, -0.2) is 23.7 Å². The summed E-state index contributed by atoms with van der Waals surface area (Å²) in [5.41, 5.74) is 2.12. The molecular weight excluding hydrogens is 355 g/mol. The van der Waals surface area contributed by atoms with Crippen molar-refractivity contribution >= 4 is 42.2 Å². The predicted molar refractivity (Wildman–Crippen MR) is 85.5 cm³/mol. The molecule has 2 rings (SSSR count). The molecule has 0 unspecified atom stereocenters. The second kappa shape index (κ2) is 5.17. The number of carbonyl (C=O) groups is 1. The number of halogens is 1. The zero-order chi connectivity index (χ0) is 13.3. The van der Waals surface area contributed by atoms with Crippen molar-refractivity contribution in [2.24, 2.45) is 0 Å². The van der Waals surface area contributed by atoms with Gasteiger partial charge < -0.3 is 4.74 Å². The van der Waals surface area contributed by atoms with Crippen molar-refractivity contribution in [2.45, 2.75) is 29.3 Å². The average Bonchev–Trinajstić information content (AvgIpc) is 2.70. The van der Waals surface area contributed by atoms with Gasteiger partial charge in [-0.3, -0.25) is 0 Å². The van der Waals surface area contributed by atoms with E-state index in [1.165, 1.54) is 0 Å². The molecule has 1 aliphatic heterocycles. The van der Waals surface area contributed by atoms with Gasteiger partial charge in [0.25, 0.3) is 0 Å². The maximum Gasteiger partial charge on any atom is 0.331 e. The fraction of sp³-hybridized carbons (Fsp3) is 0.357. The zero-order valence-corrected chi connectivity index (χ0v) is 14.0. The van der Waals surface area contributed by atoms with Crippen LogP contribution < -0.4 is 0 Å². The van der Waals surface area contributed by atoms with Crippen LogP contribution in [0.5, 0.6) is 0 Å². The summed E-state index contributed by atoms with van der Waals surface area (Å²) >= 11 is 2.45. The molecule has 0 fully saturated rings. The Kier molecular flexibility index (Phi) is 3.96. The number of ether oxygens (including phenoxy) is 1. The van der Waals surface area contributed by atoms with Crippen LogP contribution in [0.4, 0.5) is 0 Å². The smallest absolute Gasteiger partial charge is 0.331 e. The summed E-state index contributed by atoms with van der Waals surface area (Å²) in [5, 5.41) is 0. The van der Waals surface area contributed by atoms with Crippen molar-refractivity contribution in [3.8, 4) is 0 Å². The van der Waals surface area contributed by atoms with E-state index in [-0.39, 0.29) is 12.1 Å². The molecule has 0 spiro atoms. The first-order chi connectivity index (χ1) is 8.39.